The molecule has 1 N–H and O–H groups in total. The minimum Gasteiger partial charge on any atom is -0.450 e. The zero-order valence-corrected chi connectivity index (χ0v) is 17.3. The summed E-state index contributed by atoms with van der Waals surface area (Å²) in [7, 11) is 0. The van der Waals surface area contributed by atoms with E-state index >= 15 is 0 Å². The Balaban J connectivity index is 1.37. The van der Waals surface area contributed by atoms with E-state index in [9.17, 15) is 4.79 Å². The van der Waals surface area contributed by atoms with Gasteiger partial charge in [0.25, 0.3) is 0 Å². The van der Waals surface area contributed by atoms with Gasteiger partial charge in [-0.25, -0.2) is 4.79 Å². The molecule has 2 aromatic carbocycles. The smallest absolute Gasteiger partial charge is 0.450 e. The summed E-state index contributed by atoms with van der Waals surface area (Å²) in [4.78, 5) is 13.0. The molecule has 1 aliphatic carbocycles. The van der Waals surface area contributed by atoms with Crippen LogP contribution in [0.2, 0.25) is 0 Å². The normalized spacial score (nSPS) is 18.8. The first-order valence-corrected chi connectivity index (χ1v) is 10.8. The zero-order chi connectivity index (χ0) is 20.8. The number of hydrogen-bond donors (Lipinski definition) is 1. The molecule has 158 valence electrons. The molecular formula is C25H29NO4. The molecule has 2 aliphatic rings. The molecule has 0 aromatic heterocycles. The van der Waals surface area contributed by atoms with Crippen molar-refractivity contribution >= 4 is 11.7 Å². The molecule has 5 nitrogen and oxygen atoms in total. The summed E-state index contributed by atoms with van der Waals surface area (Å²) in [5.74, 6) is 0. The Morgan fingerprint density at radius 3 is 2.40 bits per heavy atom. The molecular weight excluding hydrogens is 378 g/mol. The lowest BCUT2D eigenvalue weighted by molar-refractivity contribution is 0.00715. The highest BCUT2D eigenvalue weighted by Crippen LogP contribution is 2.33. The molecule has 4 rings (SSSR count). The van der Waals surface area contributed by atoms with E-state index in [2.05, 4.69) is 59.5 Å². The van der Waals surface area contributed by atoms with Crippen LogP contribution < -0.4 is 0 Å². The fourth-order valence-electron chi connectivity index (χ4n) is 4.51. The van der Waals surface area contributed by atoms with Gasteiger partial charge < -0.3 is 14.6 Å². The van der Waals surface area contributed by atoms with Gasteiger partial charge in [-0.2, -0.15) is 0 Å². The number of ether oxygens (including phenoxy) is 2. The second kappa shape index (κ2) is 9.92. The summed E-state index contributed by atoms with van der Waals surface area (Å²) in [6, 6.07) is 17.3. The zero-order valence-electron chi connectivity index (χ0n) is 17.3. The van der Waals surface area contributed by atoms with Crippen LogP contribution in [0.4, 0.5) is 4.79 Å². The van der Waals surface area contributed by atoms with Gasteiger partial charge in [0, 0.05) is 13.1 Å². The predicted molar refractivity (Wildman–Crippen MR) is 117 cm³/mol. The summed E-state index contributed by atoms with van der Waals surface area (Å²) in [6.07, 6.45) is 4.66. The highest BCUT2D eigenvalue weighted by Gasteiger charge is 2.22. The first-order chi connectivity index (χ1) is 14.7. The summed E-state index contributed by atoms with van der Waals surface area (Å²) < 4.78 is 10.9. The fourth-order valence-corrected chi connectivity index (χ4v) is 4.51. The van der Waals surface area contributed by atoms with Crippen LogP contribution in [0.5, 0.6) is 0 Å². The van der Waals surface area contributed by atoms with Crippen molar-refractivity contribution in [2.45, 2.75) is 31.8 Å². The quantitative estimate of drug-likeness (QED) is 0.568. The molecule has 1 fully saturated rings. The summed E-state index contributed by atoms with van der Waals surface area (Å²) in [5, 5.41) is 8.81. The first-order valence-electron chi connectivity index (χ1n) is 10.8. The lowest BCUT2D eigenvalue weighted by Crippen LogP contribution is -2.41. The van der Waals surface area contributed by atoms with E-state index in [-0.39, 0.29) is 6.10 Å². The third-order valence-corrected chi connectivity index (χ3v) is 5.97. The van der Waals surface area contributed by atoms with Gasteiger partial charge in [-0.1, -0.05) is 54.6 Å². The number of carboxylic acid groups (broad SMARTS) is 1. The summed E-state index contributed by atoms with van der Waals surface area (Å²) >= 11 is 0. The van der Waals surface area contributed by atoms with Crippen LogP contribution in [-0.4, -0.2) is 55.1 Å². The van der Waals surface area contributed by atoms with Crippen molar-refractivity contribution in [1.29, 1.82) is 0 Å². The van der Waals surface area contributed by atoms with Crippen LogP contribution in [-0.2, 0) is 22.3 Å². The number of piperidine rings is 1. The highest BCUT2D eigenvalue weighted by molar-refractivity contribution is 5.83. The standard InChI is InChI=1S/C25H29NO4/c27-25(28)30-21-8-5-14-26(18-21)15-17-29-16-13-24-22-9-3-1-6-19(22)11-12-20-7-2-4-10-23(20)24/h1-4,6-7,9-10,13,21H,5,8,11-12,14-18H2,(H,27,28)/t21-/m1/s1. The topological polar surface area (TPSA) is 59.0 Å². The van der Waals surface area contributed by atoms with Gasteiger partial charge in [-0.15, -0.1) is 0 Å². The van der Waals surface area contributed by atoms with Crippen molar-refractivity contribution in [1.82, 2.24) is 4.90 Å². The number of rotatable bonds is 6. The Kier molecular flexibility index (Phi) is 6.82. The fraction of sp³-hybridized carbons (Fsp3) is 0.400. The summed E-state index contributed by atoms with van der Waals surface area (Å²) in [6.45, 7) is 3.58. The third kappa shape index (κ3) is 5.10. The van der Waals surface area contributed by atoms with E-state index in [1.165, 1.54) is 27.8 Å². The number of benzene rings is 2. The Morgan fingerprint density at radius 2 is 1.73 bits per heavy atom. The molecule has 2 aromatic rings. The van der Waals surface area contributed by atoms with Gasteiger partial charge in [-0.05, 0) is 60.1 Å². The lowest BCUT2D eigenvalue weighted by Gasteiger charge is -2.31. The van der Waals surface area contributed by atoms with Gasteiger partial charge in [0.1, 0.15) is 6.10 Å². The molecule has 1 heterocycles. The van der Waals surface area contributed by atoms with Crippen LogP contribution in [0, 0.1) is 0 Å². The van der Waals surface area contributed by atoms with Crippen molar-refractivity contribution in [3.05, 3.63) is 76.9 Å². The minimum atomic E-state index is -1.19. The van der Waals surface area contributed by atoms with Crippen LogP contribution in [0.3, 0.4) is 0 Å². The second-order valence-corrected chi connectivity index (χ2v) is 7.96. The molecule has 5 heteroatoms. The third-order valence-electron chi connectivity index (χ3n) is 5.97. The molecule has 0 unspecified atom stereocenters. The number of fused-ring (bicyclic) bond motifs is 2. The molecule has 1 aliphatic heterocycles. The maximum absolute atomic E-state index is 10.8. The Hall–Kier alpha value is -2.63. The molecule has 0 bridgehead atoms. The first kappa shape index (κ1) is 20.6. The SMILES string of the molecule is O=C(O)O[C@@H]1CCCN(CCOCC=C2c3ccccc3CCc3ccccc32)C1. The van der Waals surface area contributed by atoms with Gasteiger partial charge in [0.05, 0.1) is 13.2 Å². The van der Waals surface area contributed by atoms with Crippen molar-refractivity contribution in [3.63, 3.8) is 0 Å². The van der Waals surface area contributed by atoms with Crippen LogP contribution in [0.1, 0.15) is 35.1 Å². The molecule has 30 heavy (non-hydrogen) atoms. The maximum Gasteiger partial charge on any atom is 0.506 e. The van der Waals surface area contributed by atoms with Gasteiger partial charge >= 0.3 is 6.16 Å². The number of hydrogen-bond acceptors (Lipinski definition) is 4. The molecule has 0 spiro atoms. The Labute approximate surface area is 177 Å². The largest absolute Gasteiger partial charge is 0.506 e. The molecule has 0 radical (unpaired) electrons. The van der Waals surface area contributed by atoms with E-state index in [4.69, 9.17) is 14.6 Å². The lowest BCUT2D eigenvalue weighted by atomic mass is 9.94. The van der Waals surface area contributed by atoms with E-state index < -0.39 is 6.16 Å². The van der Waals surface area contributed by atoms with Crippen LogP contribution in [0.15, 0.2) is 54.6 Å². The van der Waals surface area contributed by atoms with Gasteiger partial charge in [0.15, 0.2) is 0 Å². The van der Waals surface area contributed by atoms with Crippen LogP contribution in [0.25, 0.3) is 5.57 Å². The molecule has 0 amide bonds. The van der Waals surface area contributed by atoms with Crippen LogP contribution >= 0.6 is 0 Å². The Morgan fingerprint density at radius 1 is 1.07 bits per heavy atom. The second-order valence-electron chi connectivity index (χ2n) is 7.96. The maximum atomic E-state index is 10.8. The van der Waals surface area contributed by atoms with Crippen molar-refractivity contribution in [2.24, 2.45) is 0 Å². The number of aryl methyl sites for hydroxylation is 2. The van der Waals surface area contributed by atoms with Gasteiger partial charge in [0.2, 0.25) is 0 Å². The number of carbonyl (C=O) groups is 1. The van der Waals surface area contributed by atoms with E-state index in [0.29, 0.717) is 19.8 Å². The van der Waals surface area contributed by atoms with Crippen molar-refractivity contribution in [2.75, 3.05) is 32.8 Å². The number of likely N-dealkylation sites (tertiary alicyclic amines) is 1. The van der Waals surface area contributed by atoms with E-state index in [1.54, 1.807) is 0 Å². The van der Waals surface area contributed by atoms with Crippen molar-refractivity contribution in [3.8, 4) is 0 Å². The number of nitrogens with zero attached hydrogens (tertiary/aromatic N) is 1. The summed E-state index contributed by atoms with van der Waals surface area (Å²) in [5.41, 5.74) is 6.63. The van der Waals surface area contributed by atoms with E-state index in [0.717, 1.165) is 38.8 Å². The average Bonchev–Trinajstić information content (AvgIpc) is 2.91. The molecule has 0 saturated carbocycles. The Bertz CT molecular complexity index is 858. The molecule has 1 saturated heterocycles. The highest BCUT2D eigenvalue weighted by atomic mass is 16.7. The monoisotopic (exact) mass is 407 g/mol. The molecule has 1 atom stereocenters. The van der Waals surface area contributed by atoms with Crippen molar-refractivity contribution < 1.29 is 19.4 Å². The predicted octanol–water partition coefficient (Wildman–Crippen LogP) is 4.39. The van der Waals surface area contributed by atoms with Gasteiger partial charge in [-0.3, -0.25) is 4.90 Å². The average molecular weight is 408 g/mol. The minimum absolute atomic E-state index is 0.225. The van der Waals surface area contributed by atoms with E-state index in [1.807, 2.05) is 0 Å².